The zero-order valence-corrected chi connectivity index (χ0v) is 10.1. The van der Waals surface area contributed by atoms with Crippen LogP contribution in [0.1, 0.15) is 13.3 Å². The Labute approximate surface area is 92.7 Å². The molecule has 0 aliphatic carbocycles. The zero-order valence-electron chi connectivity index (χ0n) is 6.86. The Kier molecular flexibility index (Phi) is 4.21. The lowest BCUT2D eigenvalue weighted by Gasteiger charge is -2.05. The molecule has 6 heteroatoms. The molecule has 0 spiro atoms. The molecule has 0 saturated carbocycles. The molecule has 72 valence electrons. The summed E-state index contributed by atoms with van der Waals surface area (Å²) in [5.74, 6) is -0.779. The van der Waals surface area contributed by atoms with Crippen LogP contribution >= 0.6 is 39.0 Å². The van der Waals surface area contributed by atoms with Gasteiger partial charge in [-0.2, -0.15) is 0 Å². The third-order valence-corrected chi connectivity index (χ3v) is 4.38. The number of hydrogen-bond acceptors (Lipinski definition) is 4. The smallest absolute Gasteiger partial charge is 0.317 e. The van der Waals surface area contributed by atoms with Gasteiger partial charge in [-0.15, -0.1) is 11.3 Å². The summed E-state index contributed by atoms with van der Waals surface area (Å²) in [6.07, 6.45) is 0.608. The van der Waals surface area contributed by atoms with Crippen molar-refractivity contribution in [3.05, 3.63) is 9.98 Å². The molecule has 0 fully saturated rings. The molecule has 1 N–H and O–H groups in total. The Balaban J connectivity index is 2.61. The minimum Gasteiger partial charge on any atom is -0.480 e. The molecule has 1 aromatic heterocycles. The second-order valence-corrected chi connectivity index (χ2v) is 5.41. The van der Waals surface area contributed by atoms with E-state index in [2.05, 4.69) is 20.9 Å². The summed E-state index contributed by atoms with van der Waals surface area (Å²) in [6, 6.07) is 0. The van der Waals surface area contributed by atoms with E-state index < -0.39 is 11.2 Å². The van der Waals surface area contributed by atoms with Crippen molar-refractivity contribution in [3.63, 3.8) is 0 Å². The van der Waals surface area contributed by atoms with Crippen molar-refractivity contribution >= 4 is 45.0 Å². The fraction of sp³-hybridized carbons (Fsp3) is 0.429. The number of carbonyl (C=O) groups is 1. The molecule has 0 saturated heterocycles. The van der Waals surface area contributed by atoms with Crippen LogP contribution in [0.15, 0.2) is 14.3 Å². The molecule has 0 radical (unpaired) electrons. The van der Waals surface area contributed by atoms with E-state index >= 15 is 0 Å². The van der Waals surface area contributed by atoms with Crippen LogP contribution in [0.3, 0.4) is 0 Å². The van der Waals surface area contributed by atoms with Gasteiger partial charge in [-0.3, -0.25) is 4.79 Å². The van der Waals surface area contributed by atoms with Gasteiger partial charge < -0.3 is 5.11 Å². The van der Waals surface area contributed by atoms with Crippen LogP contribution in [0.25, 0.3) is 0 Å². The molecule has 13 heavy (non-hydrogen) atoms. The highest BCUT2D eigenvalue weighted by Crippen LogP contribution is 2.29. The first-order valence-electron chi connectivity index (χ1n) is 3.64. The van der Waals surface area contributed by atoms with E-state index in [1.807, 2.05) is 12.3 Å². The summed E-state index contributed by atoms with van der Waals surface area (Å²) in [6.45, 7) is 1.86. The maximum atomic E-state index is 10.7. The van der Waals surface area contributed by atoms with Gasteiger partial charge in [0.1, 0.15) is 9.85 Å². The SMILES string of the molecule is CCC(Sc1nc(Br)cs1)C(=O)O. The molecule has 0 aromatic carbocycles. The number of rotatable bonds is 4. The van der Waals surface area contributed by atoms with Crippen molar-refractivity contribution in [2.75, 3.05) is 0 Å². The van der Waals surface area contributed by atoms with Crippen LogP contribution in [0.2, 0.25) is 0 Å². The van der Waals surface area contributed by atoms with E-state index in [-0.39, 0.29) is 0 Å². The third kappa shape index (κ3) is 3.28. The number of hydrogen-bond donors (Lipinski definition) is 1. The highest BCUT2D eigenvalue weighted by atomic mass is 79.9. The number of nitrogens with zero attached hydrogens (tertiary/aromatic N) is 1. The van der Waals surface area contributed by atoms with Gasteiger partial charge in [0.25, 0.3) is 0 Å². The molecule has 0 bridgehead atoms. The first-order valence-corrected chi connectivity index (χ1v) is 6.19. The Bertz CT molecular complexity index is 302. The van der Waals surface area contributed by atoms with Gasteiger partial charge in [-0.25, -0.2) is 4.98 Å². The summed E-state index contributed by atoms with van der Waals surface area (Å²) in [5, 5.41) is 10.2. The Morgan fingerprint density at radius 3 is 3.00 bits per heavy atom. The summed E-state index contributed by atoms with van der Waals surface area (Å²) in [7, 11) is 0. The molecule has 0 amide bonds. The minimum absolute atomic E-state index is 0.391. The van der Waals surface area contributed by atoms with E-state index in [1.54, 1.807) is 0 Å². The Morgan fingerprint density at radius 2 is 2.62 bits per heavy atom. The molecular weight excluding hydrogens is 274 g/mol. The number of carboxylic acid groups (broad SMARTS) is 1. The maximum absolute atomic E-state index is 10.7. The van der Waals surface area contributed by atoms with E-state index in [0.29, 0.717) is 6.42 Å². The van der Waals surface area contributed by atoms with E-state index in [9.17, 15) is 4.79 Å². The highest BCUT2D eigenvalue weighted by molar-refractivity contribution is 9.10. The van der Waals surface area contributed by atoms with Gasteiger partial charge in [0.2, 0.25) is 0 Å². The maximum Gasteiger partial charge on any atom is 0.317 e. The van der Waals surface area contributed by atoms with Crippen molar-refractivity contribution < 1.29 is 9.90 Å². The molecule has 0 aliphatic heterocycles. The fourth-order valence-corrected chi connectivity index (χ4v) is 3.19. The Morgan fingerprint density at radius 1 is 1.92 bits per heavy atom. The standard InChI is InChI=1S/C7H8BrNO2S2/c1-2-4(6(10)11)13-7-9-5(8)3-12-7/h3-4H,2H2,1H3,(H,10,11). The number of aromatic nitrogens is 1. The molecule has 0 aliphatic rings. The van der Waals surface area contributed by atoms with Gasteiger partial charge >= 0.3 is 5.97 Å². The zero-order chi connectivity index (χ0) is 9.84. The Hall–Kier alpha value is -0.0700. The minimum atomic E-state index is -0.779. The van der Waals surface area contributed by atoms with Gasteiger partial charge in [0.05, 0.1) is 0 Å². The lowest BCUT2D eigenvalue weighted by molar-refractivity contribution is -0.136. The summed E-state index contributed by atoms with van der Waals surface area (Å²) in [5.41, 5.74) is 0. The monoisotopic (exact) mass is 281 g/mol. The van der Waals surface area contributed by atoms with Crippen molar-refractivity contribution in [3.8, 4) is 0 Å². The van der Waals surface area contributed by atoms with Crippen LogP contribution in [-0.2, 0) is 4.79 Å². The van der Waals surface area contributed by atoms with Crippen LogP contribution < -0.4 is 0 Å². The van der Waals surface area contributed by atoms with E-state index in [4.69, 9.17) is 5.11 Å². The molecule has 1 heterocycles. The van der Waals surface area contributed by atoms with E-state index in [1.165, 1.54) is 23.1 Å². The van der Waals surface area contributed by atoms with Crippen molar-refractivity contribution in [1.82, 2.24) is 4.98 Å². The number of halogens is 1. The molecule has 1 atom stereocenters. The molecular formula is C7H8BrNO2S2. The molecule has 1 unspecified atom stereocenters. The van der Waals surface area contributed by atoms with E-state index in [0.717, 1.165) is 8.94 Å². The number of thiazole rings is 1. The molecule has 1 rings (SSSR count). The second-order valence-electron chi connectivity index (χ2n) is 2.29. The normalized spacial score (nSPS) is 12.8. The average molecular weight is 282 g/mol. The largest absolute Gasteiger partial charge is 0.480 e. The second kappa shape index (κ2) is 4.97. The van der Waals surface area contributed by atoms with Crippen molar-refractivity contribution in [2.45, 2.75) is 22.9 Å². The van der Waals surface area contributed by atoms with Crippen LogP contribution in [0.5, 0.6) is 0 Å². The quantitative estimate of drug-likeness (QED) is 0.863. The topological polar surface area (TPSA) is 50.2 Å². The highest BCUT2D eigenvalue weighted by Gasteiger charge is 2.17. The average Bonchev–Trinajstić information content (AvgIpc) is 2.46. The van der Waals surface area contributed by atoms with Gasteiger partial charge in [0, 0.05) is 5.38 Å². The van der Waals surface area contributed by atoms with Gasteiger partial charge in [-0.05, 0) is 22.4 Å². The first-order chi connectivity index (χ1) is 6.13. The molecule has 3 nitrogen and oxygen atoms in total. The van der Waals surface area contributed by atoms with Crippen LogP contribution in [0.4, 0.5) is 0 Å². The molecule has 1 aromatic rings. The predicted molar refractivity (Wildman–Crippen MR) is 57.4 cm³/mol. The summed E-state index contributed by atoms with van der Waals surface area (Å²) in [4.78, 5) is 14.8. The number of thioether (sulfide) groups is 1. The summed E-state index contributed by atoms with van der Waals surface area (Å²) >= 11 is 5.97. The lowest BCUT2D eigenvalue weighted by Crippen LogP contribution is -2.14. The predicted octanol–water partition coefficient (Wildman–Crippen LogP) is 2.86. The van der Waals surface area contributed by atoms with Crippen molar-refractivity contribution in [1.29, 1.82) is 0 Å². The number of aliphatic carboxylic acids is 1. The lowest BCUT2D eigenvalue weighted by atomic mass is 10.3. The van der Waals surface area contributed by atoms with Crippen LogP contribution in [0, 0.1) is 0 Å². The summed E-state index contributed by atoms with van der Waals surface area (Å²) < 4.78 is 1.56. The number of carboxylic acids is 1. The first kappa shape index (κ1) is 11.0. The third-order valence-electron chi connectivity index (χ3n) is 1.34. The van der Waals surface area contributed by atoms with Gasteiger partial charge in [0.15, 0.2) is 4.34 Å². The van der Waals surface area contributed by atoms with Crippen molar-refractivity contribution in [2.24, 2.45) is 0 Å². The van der Waals surface area contributed by atoms with Gasteiger partial charge in [-0.1, -0.05) is 18.7 Å². The fourth-order valence-electron chi connectivity index (χ4n) is 0.723. The van der Waals surface area contributed by atoms with Crippen LogP contribution in [-0.4, -0.2) is 21.3 Å².